The molecule has 3 nitrogen and oxygen atoms in total. The molecule has 21 heavy (non-hydrogen) atoms. The maximum absolute atomic E-state index is 11.8. The molecule has 2 aromatic carbocycles. The third kappa shape index (κ3) is 4.73. The van der Waals surface area contributed by atoms with E-state index in [2.05, 4.69) is 0 Å². The lowest BCUT2D eigenvalue weighted by Gasteiger charge is -2.01. The number of carbonyl (C=O) groups is 2. The van der Waals surface area contributed by atoms with Crippen LogP contribution in [0.25, 0.3) is 6.08 Å². The molecule has 0 aromatic heterocycles. The van der Waals surface area contributed by atoms with Crippen molar-refractivity contribution in [3.63, 3.8) is 0 Å². The van der Waals surface area contributed by atoms with Crippen molar-refractivity contribution < 1.29 is 14.3 Å². The van der Waals surface area contributed by atoms with Gasteiger partial charge in [0.2, 0.25) is 0 Å². The Hall–Kier alpha value is -2.68. The molecule has 0 radical (unpaired) electrons. The minimum Gasteiger partial charge on any atom is -0.454 e. The van der Waals surface area contributed by atoms with E-state index in [4.69, 9.17) is 4.74 Å². The SMILES string of the molecule is Cc1ccc(/C=C/C(=O)OCC(=O)c2ccccc2)cc1. The molecule has 3 heteroatoms. The van der Waals surface area contributed by atoms with Crippen molar-refractivity contribution in [1.82, 2.24) is 0 Å². The number of Topliss-reactive ketones (excluding diaryl/α,β-unsaturated/α-hetero) is 1. The summed E-state index contributed by atoms with van der Waals surface area (Å²) in [5.74, 6) is -0.743. The second-order valence-electron chi connectivity index (χ2n) is 4.64. The molecule has 0 N–H and O–H groups in total. The van der Waals surface area contributed by atoms with Gasteiger partial charge in [0.15, 0.2) is 12.4 Å². The standard InChI is InChI=1S/C18H16O3/c1-14-7-9-15(10-8-14)11-12-18(20)21-13-17(19)16-5-3-2-4-6-16/h2-12H,13H2,1H3/b12-11+. The van der Waals surface area contributed by atoms with Gasteiger partial charge in [-0.05, 0) is 18.6 Å². The van der Waals surface area contributed by atoms with E-state index in [1.54, 1.807) is 30.3 Å². The highest BCUT2D eigenvalue weighted by Gasteiger charge is 2.07. The lowest BCUT2D eigenvalue weighted by Crippen LogP contribution is -2.12. The highest BCUT2D eigenvalue weighted by molar-refractivity contribution is 5.98. The Kier molecular flexibility index (Phi) is 5.04. The maximum Gasteiger partial charge on any atom is 0.331 e. The summed E-state index contributed by atoms with van der Waals surface area (Å²) in [6.07, 6.45) is 2.98. The number of aryl methyl sites for hydroxylation is 1. The van der Waals surface area contributed by atoms with Crippen molar-refractivity contribution in [3.05, 3.63) is 77.4 Å². The van der Waals surface area contributed by atoms with Crippen LogP contribution >= 0.6 is 0 Å². The third-order valence-electron chi connectivity index (χ3n) is 2.93. The number of carbonyl (C=O) groups excluding carboxylic acids is 2. The van der Waals surface area contributed by atoms with E-state index in [1.807, 2.05) is 37.3 Å². The van der Waals surface area contributed by atoms with Crippen LogP contribution in [0.5, 0.6) is 0 Å². The van der Waals surface area contributed by atoms with Gasteiger partial charge in [-0.3, -0.25) is 4.79 Å². The normalized spacial score (nSPS) is 10.5. The van der Waals surface area contributed by atoms with E-state index in [9.17, 15) is 9.59 Å². The summed E-state index contributed by atoms with van der Waals surface area (Å²) in [6.45, 7) is 1.75. The summed E-state index contributed by atoms with van der Waals surface area (Å²) in [7, 11) is 0. The fourth-order valence-electron chi connectivity index (χ4n) is 1.73. The van der Waals surface area contributed by atoms with Crippen LogP contribution < -0.4 is 0 Å². The summed E-state index contributed by atoms with van der Waals surface area (Å²) in [4.78, 5) is 23.3. The minimum absolute atomic E-state index is 0.215. The van der Waals surface area contributed by atoms with E-state index in [-0.39, 0.29) is 12.4 Å². The molecule has 106 valence electrons. The summed E-state index contributed by atoms with van der Waals surface area (Å²) < 4.78 is 4.93. The van der Waals surface area contributed by atoms with E-state index in [0.717, 1.165) is 11.1 Å². The van der Waals surface area contributed by atoms with Gasteiger partial charge in [0.05, 0.1) is 0 Å². The van der Waals surface area contributed by atoms with Crippen LogP contribution in [0.2, 0.25) is 0 Å². The second-order valence-corrected chi connectivity index (χ2v) is 4.64. The Morgan fingerprint density at radius 3 is 2.33 bits per heavy atom. The predicted octanol–water partition coefficient (Wildman–Crippen LogP) is 3.43. The molecule has 2 rings (SSSR count). The molecule has 0 heterocycles. The average molecular weight is 280 g/mol. The van der Waals surface area contributed by atoms with Crippen LogP contribution in [0, 0.1) is 6.92 Å². The fourth-order valence-corrected chi connectivity index (χ4v) is 1.73. The molecule has 0 unspecified atom stereocenters. The first kappa shape index (κ1) is 14.7. The molecule has 2 aromatic rings. The zero-order chi connectivity index (χ0) is 15.1. The Labute approximate surface area is 123 Å². The number of esters is 1. The first-order chi connectivity index (χ1) is 10.1. The number of hydrogen-bond donors (Lipinski definition) is 0. The van der Waals surface area contributed by atoms with Crippen LogP contribution in [-0.4, -0.2) is 18.4 Å². The van der Waals surface area contributed by atoms with Crippen LogP contribution in [-0.2, 0) is 9.53 Å². The minimum atomic E-state index is -0.528. The monoisotopic (exact) mass is 280 g/mol. The Morgan fingerprint density at radius 1 is 1.00 bits per heavy atom. The first-order valence-corrected chi connectivity index (χ1v) is 6.65. The molecular weight excluding hydrogens is 264 g/mol. The largest absolute Gasteiger partial charge is 0.454 e. The van der Waals surface area contributed by atoms with Gasteiger partial charge in [-0.2, -0.15) is 0 Å². The summed E-state index contributed by atoms with van der Waals surface area (Å²) in [5, 5.41) is 0. The quantitative estimate of drug-likeness (QED) is 0.479. The molecule has 0 fully saturated rings. The Morgan fingerprint density at radius 2 is 1.67 bits per heavy atom. The van der Waals surface area contributed by atoms with Gasteiger partial charge >= 0.3 is 5.97 Å². The first-order valence-electron chi connectivity index (χ1n) is 6.65. The third-order valence-corrected chi connectivity index (χ3v) is 2.93. The van der Waals surface area contributed by atoms with Gasteiger partial charge in [-0.15, -0.1) is 0 Å². The molecule has 0 aliphatic carbocycles. The van der Waals surface area contributed by atoms with Crippen LogP contribution in [0.3, 0.4) is 0 Å². The van der Waals surface area contributed by atoms with Gasteiger partial charge in [0.25, 0.3) is 0 Å². The van der Waals surface area contributed by atoms with Crippen molar-refractivity contribution in [1.29, 1.82) is 0 Å². The molecule has 0 amide bonds. The highest BCUT2D eigenvalue weighted by atomic mass is 16.5. The van der Waals surface area contributed by atoms with Crippen molar-refractivity contribution in [2.75, 3.05) is 6.61 Å². The smallest absolute Gasteiger partial charge is 0.331 e. The van der Waals surface area contributed by atoms with Gasteiger partial charge < -0.3 is 4.74 Å². The van der Waals surface area contributed by atoms with Gasteiger partial charge in [0.1, 0.15) is 0 Å². The maximum atomic E-state index is 11.8. The Bertz CT molecular complexity index is 640. The van der Waals surface area contributed by atoms with Gasteiger partial charge in [0, 0.05) is 11.6 Å². The number of hydrogen-bond acceptors (Lipinski definition) is 3. The van der Waals surface area contributed by atoms with Crippen LogP contribution in [0.1, 0.15) is 21.5 Å². The molecule has 0 saturated carbocycles. The van der Waals surface area contributed by atoms with Crippen LogP contribution in [0.4, 0.5) is 0 Å². The lowest BCUT2D eigenvalue weighted by molar-refractivity contribution is -0.136. The molecule has 0 atom stereocenters. The zero-order valence-corrected chi connectivity index (χ0v) is 11.8. The predicted molar refractivity (Wildman–Crippen MR) is 81.9 cm³/mol. The van der Waals surface area contributed by atoms with Crippen molar-refractivity contribution in [2.45, 2.75) is 6.92 Å². The molecule has 0 saturated heterocycles. The van der Waals surface area contributed by atoms with E-state index >= 15 is 0 Å². The molecule has 0 aliphatic heterocycles. The number of benzene rings is 2. The van der Waals surface area contributed by atoms with E-state index in [0.29, 0.717) is 5.56 Å². The molecule has 0 spiro atoms. The highest BCUT2D eigenvalue weighted by Crippen LogP contribution is 2.05. The van der Waals surface area contributed by atoms with Crippen molar-refractivity contribution in [2.24, 2.45) is 0 Å². The number of rotatable bonds is 5. The molecule has 0 bridgehead atoms. The van der Waals surface area contributed by atoms with Crippen molar-refractivity contribution in [3.8, 4) is 0 Å². The van der Waals surface area contributed by atoms with E-state index in [1.165, 1.54) is 6.08 Å². The zero-order valence-electron chi connectivity index (χ0n) is 11.8. The lowest BCUT2D eigenvalue weighted by atomic mass is 10.1. The second kappa shape index (κ2) is 7.20. The number of ketones is 1. The van der Waals surface area contributed by atoms with Gasteiger partial charge in [-0.1, -0.05) is 60.2 Å². The molecule has 0 aliphatic rings. The average Bonchev–Trinajstić information content (AvgIpc) is 2.53. The summed E-state index contributed by atoms with van der Waals surface area (Å²) in [6, 6.07) is 16.5. The number of ether oxygens (including phenoxy) is 1. The summed E-state index contributed by atoms with van der Waals surface area (Å²) in [5.41, 5.74) is 2.60. The Balaban J connectivity index is 1.85. The van der Waals surface area contributed by atoms with Crippen LogP contribution in [0.15, 0.2) is 60.7 Å². The fraction of sp³-hybridized carbons (Fsp3) is 0.111. The summed E-state index contributed by atoms with van der Waals surface area (Å²) >= 11 is 0. The molecular formula is C18H16O3. The van der Waals surface area contributed by atoms with Crippen molar-refractivity contribution >= 4 is 17.8 Å². The van der Waals surface area contributed by atoms with E-state index < -0.39 is 5.97 Å². The topological polar surface area (TPSA) is 43.4 Å². The van der Waals surface area contributed by atoms with Gasteiger partial charge in [-0.25, -0.2) is 4.79 Å².